The third-order valence-electron chi connectivity index (χ3n) is 5.94. The number of nitriles is 1. The quantitative estimate of drug-likeness (QED) is 0.501. The molecule has 1 saturated carbocycles. The number of carbonyl (C=O) groups is 1. The molecule has 4 rings (SSSR count). The number of rotatable bonds is 7. The van der Waals surface area contributed by atoms with E-state index in [0.717, 1.165) is 30.4 Å². The van der Waals surface area contributed by atoms with Gasteiger partial charge in [-0.15, -0.1) is 10.2 Å². The van der Waals surface area contributed by atoms with Crippen LogP contribution < -0.4 is 5.32 Å². The molecule has 1 aliphatic carbocycles. The van der Waals surface area contributed by atoms with E-state index in [-0.39, 0.29) is 11.7 Å². The van der Waals surface area contributed by atoms with Gasteiger partial charge >= 0.3 is 0 Å². The molecule has 170 valence electrons. The van der Waals surface area contributed by atoms with Gasteiger partial charge in [-0.2, -0.15) is 5.26 Å². The lowest BCUT2D eigenvalue weighted by molar-refractivity contribution is -0.121. The summed E-state index contributed by atoms with van der Waals surface area (Å²) in [6.07, 6.45) is 4.36. The van der Waals surface area contributed by atoms with Crippen LogP contribution in [-0.2, 0) is 11.3 Å². The van der Waals surface area contributed by atoms with Crippen molar-refractivity contribution < 1.29 is 9.18 Å². The summed E-state index contributed by atoms with van der Waals surface area (Å²) in [5.41, 5.74) is 1.03. The highest BCUT2D eigenvalue weighted by Gasteiger charge is 2.35. The second-order valence-electron chi connectivity index (χ2n) is 8.39. The Labute approximate surface area is 197 Å². The third-order valence-corrected chi connectivity index (χ3v) is 7.02. The number of aromatic nitrogens is 3. The first-order valence-electron chi connectivity index (χ1n) is 11.1. The van der Waals surface area contributed by atoms with Gasteiger partial charge in [-0.3, -0.25) is 9.36 Å². The van der Waals surface area contributed by atoms with Crippen molar-refractivity contribution in [2.75, 3.05) is 0 Å². The molecule has 1 heterocycles. The first-order chi connectivity index (χ1) is 16.0. The molecule has 1 unspecified atom stereocenters. The molecule has 0 bridgehead atoms. The van der Waals surface area contributed by atoms with Crippen molar-refractivity contribution in [2.24, 2.45) is 0 Å². The van der Waals surface area contributed by atoms with Crippen LogP contribution in [0.3, 0.4) is 0 Å². The normalized spacial score (nSPS) is 16.0. The lowest BCUT2D eigenvalue weighted by Gasteiger charge is -2.32. The fourth-order valence-electron chi connectivity index (χ4n) is 4.07. The summed E-state index contributed by atoms with van der Waals surface area (Å²) in [4.78, 5) is 13.0. The standard InChI is InChI=1S/C25H26FN5OS/c1-18(23(32)28-25(17-27)14-6-3-7-15-25)33-24-30-29-22(20-10-12-21(26)13-11-20)31(24)16-19-8-4-2-5-9-19/h2,4-5,8-13,18H,3,6-7,14-16H2,1H3,(H,28,32). The van der Waals surface area contributed by atoms with Crippen molar-refractivity contribution in [3.05, 3.63) is 66.0 Å². The monoisotopic (exact) mass is 463 g/mol. The zero-order valence-corrected chi connectivity index (χ0v) is 19.3. The van der Waals surface area contributed by atoms with Crippen LogP contribution >= 0.6 is 11.8 Å². The van der Waals surface area contributed by atoms with Crippen LogP contribution in [-0.4, -0.2) is 31.5 Å². The maximum absolute atomic E-state index is 13.5. The summed E-state index contributed by atoms with van der Waals surface area (Å²) in [6.45, 7) is 2.33. The fourth-order valence-corrected chi connectivity index (χ4v) is 4.91. The summed E-state index contributed by atoms with van der Waals surface area (Å²) < 4.78 is 15.4. The van der Waals surface area contributed by atoms with Gasteiger partial charge in [-0.05, 0) is 49.6 Å². The Hall–Kier alpha value is -3.18. The van der Waals surface area contributed by atoms with Crippen molar-refractivity contribution in [3.8, 4) is 17.5 Å². The Morgan fingerprint density at radius 2 is 1.85 bits per heavy atom. The van der Waals surface area contributed by atoms with E-state index in [1.54, 1.807) is 12.1 Å². The molecule has 33 heavy (non-hydrogen) atoms. The van der Waals surface area contributed by atoms with Gasteiger partial charge in [0.25, 0.3) is 0 Å². The number of halogens is 1. The number of hydrogen-bond acceptors (Lipinski definition) is 5. The molecule has 1 atom stereocenters. The summed E-state index contributed by atoms with van der Waals surface area (Å²) in [5, 5.41) is 21.5. The molecule has 6 nitrogen and oxygen atoms in total. The highest BCUT2D eigenvalue weighted by atomic mass is 32.2. The summed E-state index contributed by atoms with van der Waals surface area (Å²) in [7, 11) is 0. The molecule has 1 aromatic heterocycles. The minimum absolute atomic E-state index is 0.180. The summed E-state index contributed by atoms with van der Waals surface area (Å²) in [5.74, 6) is 0.109. The molecule has 0 radical (unpaired) electrons. The second kappa shape index (κ2) is 10.2. The molecular formula is C25H26FN5OS. The summed E-state index contributed by atoms with van der Waals surface area (Å²) >= 11 is 1.31. The molecule has 0 spiro atoms. The third kappa shape index (κ3) is 5.42. The Balaban J connectivity index is 1.58. The number of amides is 1. The van der Waals surface area contributed by atoms with Gasteiger partial charge in [0.1, 0.15) is 11.4 Å². The molecular weight excluding hydrogens is 437 g/mol. The van der Waals surface area contributed by atoms with E-state index in [2.05, 4.69) is 21.6 Å². The topological polar surface area (TPSA) is 83.6 Å². The van der Waals surface area contributed by atoms with Crippen LogP contribution in [0.1, 0.15) is 44.6 Å². The molecule has 1 N–H and O–H groups in total. The second-order valence-corrected chi connectivity index (χ2v) is 9.70. The van der Waals surface area contributed by atoms with Gasteiger partial charge < -0.3 is 5.32 Å². The van der Waals surface area contributed by atoms with Crippen molar-refractivity contribution >= 4 is 17.7 Å². The van der Waals surface area contributed by atoms with Crippen LogP contribution in [0, 0.1) is 17.1 Å². The number of hydrogen-bond donors (Lipinski definition) is 1. The zero-order chi connectivity index (χ0) is 23.3. The fraction of sp³-hybridized carbons (Fsp3) is 0.360. The van der Waals surface area contributed by atoms with Gasteiger partial charge in [-0.1, -0.05) is 61.4 Å². The van der Waals surface area contributed by atoms with Crippen molar-refractivity contribution in [3.63, 3.8) is 0 Å². The lowest BCUT2D eigenvalue weighted by atomic mass is 9.83. The Bertz CT molecular complexity index is 1130. The first kappa shape index (κ1) is 23.0. The lowest BCUT2D eigenvalue weighted by Crippen LogP contribution is -2.51. The van der Waals surface area contributed by atoms with Crippen LogP contribution in [0.2, 0.25) is 0 Å². The highest BCUT2D eigenvalue weighted by molar-refractivity contribution is 8.00. The first-order valence-corrected chi connectivity index (χ1v) is 12.0. The van der Waals surface area contributed by atoms with Crippen LogP contribution in [0.25, 0.3) is 11.4 Å². The average molecular weight is 464 g/mol. The smallest absolute Gasteiger partial charge is 0.234 e. The Morgan fingerprint density at radius 1 is 1.15 bits per heavy atom. The molecule has 0 aliphatic heterocycles. The predicted molar refractivity (Wildman–Crippen MR) is 126 cm³/mol. The molecule has 1 aliphatic rings. The van der Waals surface area contributed by atoms with E-state index in [0.29, 0.717) is 30.4 Å². The van der Waals surface area contributed by atoms with Crippen LogP contribution in [0.5, 0.6) is 0 Å². The van der Waals surface area contributed by atoms with Crippen LogP contribution in [0.15, 0.2) is 59.8 Å². The highest BCUT2D eigenvalue weighted by Crippen LogP contribution is 2.31. The van der Waals surface area contributed by atoms with Crippen molar-refractivity contribution in [1.82, 2.24) is 20.1 Å². The van der Waals surface area contributed by atoms with E-state index >= 15 is 0 Å². The predicted octanol–water partition coefficient (Wildman–Crippen LogP) is 4.96. The van der Waals surface area contributed by atoms with Gasteiger partial charge in [-0.25, -0.2) is 4.39 Å². The maximum atomic E-state index is 13.5. The van der Waals surface area contributed by atoms with Crippen LogP contribution in [0.4, 0.5) is 4.39 Å². The van der Waals surface area contributed by atoms with E-state index in [9.17, 15) is 14.4 Å². The van der Waals surface area contributed by atoms with Gasteiger partial charge in [0, 0.05) is 5.56 Å². The Kier molecular flexibility index (Phi) is 7.09. The van der Waals surface area contributed by atoms with E-state index in [1.165, 1.54) is 23.9 Å². The van der Waals surface area contributed by atoms with Gasteiger partial charge in [0.2, 0.25) is 5.91 Å². The van der Waals surface area contributed by atoms with Crippen molar-refractivity contribution in [1.29, 1.82) is 5.26 Å². The van der Waals surface area contributed by atoms with Gasteiger partial charge in [0.05, 0.1) is 17.9 Å². The average Bonchev–Trinajstić information content (AvgIpc) is 3.22. The van der Waals surface area contributed by atoms with Gasteiger partial charge in [0.15, 0.2) is 11.0 Å². The number of carbonyl (C=O) groups excluding carboxylic acids is 1. The maximum Gasteiger partial charge on any atom is 0.234 e. The number of nitrogens with zero attached hydrogens (tertiary/aromatic N) is 4. The minimum atomic E-state index is -0.777. The molecule has 1 amide bonds. The largest absolute Gasteiger partial charge is 0.337 e. The molecule has 2 aromatic carbocycles. The van der Waals surface area contributed by atoms with E-state index in [1.807, 2.05) is 41.8 Å². The summed E-state index contributed by atoms with van der Waals surface area (Å²) in [6, 6.07) is 18.4. The number of nitrogens with one attached hydrogen (secondary N) is 1. The minimum Gasteiger partial charge on any atom is -0.337 e. The van der Waals surface area contributed by atoms with Crippen molar-refractivity contribution in [2.45, 2.75) is 61.5 Å². The zero-order valence-electron chi connectivity index (χ0n) is 18.5. The molecule has 0 saturated heterocycles. The molecule has 3 aromatic rings. The SMILES string of the molecule is CC(Sc1nnc(-c2ccc(F)cc2)n1Cc1ccccc1)C(=O)NC1(C#N)CCCCC1. The number of thioether (sulfide) groups is 1. The van der Waals surface area contributed by atoms with E-state index in [4.69, 9.17) is 0 Å². The van der Waals surface area contributed by atoms with E-state index < -0.39 is 10.8 Å². The Morgan fingerprint density at radius 3 is 2.52 bits per heavy atom. The molecule has 1 fully saturated rings. The number of benzene rings is 2. The molecule has 8 heteroatoms.